The molecule has 0 aromatic carbocycles. The molecule has 0 spiro atoms. The van der Waals surface area contributed by atoms with Crippen molar-refractivity contribution in [2.45, 2.75) is 44.8 Å². The molecule has 122 valence electrons. The van der Waals surface area contributed by atoms with E-state index < -0.39 is 17.3 Å². The Morgan fingerprint density at radius 1 is 1.45 bits per heavy atom. The molecule has 0 fully saturated rings. The molecular weight excluding hydrogens is 299 g/mol. The van der Waals surface area contributed by atoms with E-state index in [0.29, 0.717) is 25.8 Å². The van der Waals surface area contributed by atoms with Crippen molar-refractivity contribution in [3.63, 3.8) is 0 Å². The molecule has 0 aliphatic heterocycles. The van der Waals surface area contributed by atoms with E-state index in [2.05, 4.69) is 5.10 Å². The molecule has 1 aromatic heterocycles. The van der Waals surface area contributed by atoms with Crippen molar-refractivity contribution < 1.29 is 18.0 Å². The first-order chi connectivity index (χ1) is 10.3. The van der Waals surface area contributed by atoms with Gasteiger partial charge in [0.05, 0.1) is 11.7 Å². The standard InChI is InChI=1S/C14H18F3N3O2/c1-3-8(21)6-7-20(2)10-5-4-9-11(14(15,16)17)13(22)19-18-12(9)10/h10H,3-7H2,1-2H3,(H,19,22). The summed E-state index contributed by atoms with van der Waals surface area (Å²) in [5.41, 5.74) is -2.10. The summed E-state index contributed by atoms with van der Waals surface area (Å²) in [4.78, 5) is 24.7. The van der Waals surface area contributed by atoms with Gasteiger partial charge < -0.3 is 0 Å². The van der Waals surface area contributed by atoms with Crippen LogP contribution in [0.4, 0.5) is 13.2 Å². The molecule has 0 saturated carbocycles. The van der Waals surface area contributed by atoms with E-state index in [0.717, 1.165) is 0 Å². The topological polar surface area (TPSA) is 66.1 Å². The molecule has 0 radical (unpaired) electrons. The Morgan fingerprint density at radius 3 is 2.73 bits per heavy atom. The summed E-state index contributed by atoms with van der Waals surface area (Å²) in [5, 5.41) is 5.77. The van der Waals surface area contributed by atoms with E-state index in [1.165, 1.54) is 0 Å². The second kappa shape index (κ2) is 6.20. The van der Waals surface area contributed by atoms with E-state index in [4.69, 9.17) is 0 Å². The molecule has 1 aliphatic rings. The first kappa shape index (κ1) is 16.7. The fourth-order valence-corrected chi connectivity index (χ4v) is 2.81. The maximum absolute atomic E-state index is 13.0. The zero-order valence-electron chi connectivity index (χ0n) is 12.5. The number of halogens is 3. The number of alkyl halides is 3. The molecule has 8 heteroatoms. The number of rotatable bonds is 5. The summed E-state index contributed by atoms with van der Waals surface area (Å²) in [7, 11) is 1.75. The number of nitrogens with one attached hydrogen (secondary N) is 1. The van der Waals surface area contributed by atoms with Crippen LogP contribution < -0.4 is 5.56 Å². The Hall–Kier alpha value is -1.70. The lowest BCUT2D eigenvalue weighted by Crippen LogP contribution is -2.29. The maximum atomic E-state index is 13.0. The number of fused-ring (bicyclic) bond motifs is 1. The molecule has 1 unspecified atom stereocenters. The summed E-state index contributed by atoms with van der Waals surface area (Å²) >= 11 is 0. The number of ketones is 1. The van der Waals surface area contributed by atoms with Gasteiger partial charge in [0.25, 0.3) is 5.56 Å². The van der Waals surface area contributed by atoms with Gasteiger partial charge in [-0.25, -0.2) is 5.10 Å². The van der Waals surface area contributed by atoms with Crippen LogP contribution in [0, 0.1) is 0 Å². The highest BCUT2D eigenvalue weighted by Crippen LogP contribution is 2.39. The number of hydrogen-bond acceptors (Lipinski definition) is 4. The molecule has 1 aromatic rings. The average Bonchev–Trinajstić information content (AvgIpc) is 2.86. The van der Waals surface area contributed by atoms with Gasteiger partial charge in [0.1, 0.15) is 11.3 Å². The van der Waals surface area contributed by atoms with Crippen molar-refractivity contribution >= 4 is 5.78 Å². The number of carbonyl (C=O) groups excluding carboxylic acids is 1. The Kier molecular flexibility index (Phi) is 4.69. The smallest absolute Gasteiger partial charge is 0.300 e. The van der Waals surface area contributed by atoms with E-state index in [9.17, 15) is 22.8 Å². The van der Waals surface area contributed by atoms with Gasteiger partial charge in [0.15, 0.2) is 0 Å². The third-order valence-corrected chi connectivity index (χ3v) is 4.05. The van der Waals surface area contributed by atoms with Crippen LogP contribution in [0.5, 0.6) is 0 Å². The molecule has 0 saturated heterocycles. The van der Waals surface area contributed by atoms with Gasteiger partial charge in [-0.3, -0.25) is 14.5 Å². The second-order valence-corrected chi connectivity index (χ2v) is 5.47. The highest BCUT2D eigenvalue weighted by molar-refractivity contribution is 5.78. The lowest BCUT2D eigenvalue weighted by Gasteiger charge is -2.24. The fraction of sp³-hybridized carbons (Fsp3) is 0.643. The van der Waals surface area contributed by atoms with Crippen LogP contribution in [-0.4, -0.2) is 34.5 Å². The van der Waals surface area contributed by atoms with Crippen LogP contribution in [0.3, 0.4) is 0 Å². The van der Waals surface area contributed by atoms with Gasteiger partial charge in [-0.1, -0.05) is 6.92 Å². The molecule has 0 amide bonds. The lowest BCUT2D eigenvalue weighted by molar-refractivity contribution is -0.139. The number of hydrogen-bond donors (Lipinski definition) is 1. The first-order valence-corrected chi connectivity index (χ1v) is 7.16. The first-order valence-electron chi connectivity index (χ1n) is 7.16. The van der Waals surface area contributed by atoms with E-state index in [1.807, 2.05) is 10.00 Å². The van der Waals surface area contributed by atoms with Gasteiger partial charge in [-0.05, 0) is 25.5 Å². The Balaban J connectivity index is 2.26. The number of aromatic nitrogens is 2. The largest absolute Gasteiger partial charge is 0.422 e. The predicted octanol–water partition coefficient (Wildman–Crippen LogP) is 2.08. The normalized spacial score (nSPS) is 17.8. The van der Waals surface area contributed by atoms with Crippen LogP contribution in [-0.2, 0) is 17.4 Å². The fourth-order valence-electron chi connectivity index (χ4n) is 2.81. The minimum Gasteiger partial charge on any atom is -0.300 e. The van der Waals surface area contributed by atoms with Crippen LogP contribution in [0.15, 0.2) is 4.79 Å². The highest BCUT2D eigenvalue weighted by atomic mass is 19.4. The molecule has 1 heterocycles. The minimum absolute atomic E-state index is 0.0186. The summed E-state index contributed by atoms with van der Waals surface area (Å²) in [6, 6.07) is -0.308. The van der Waals surface area contributed by atoms with Crippen LogP contribution >= 0.6 is 0 Å². The van der Waals surface area contributed by atoms with Gasteiger partial charge in [-0.15, -0.1) is 0 Å². The summed E-state index contributed by atoms with van der Waals surface area (Å²) < 4.78 is 39.1. The van der Waals surface area contributed by atoms with Gasteiger partial charge >= 0.3 is 6.18 Å². The van der Waals surface area contributed by atoms with Crippen molar-refractivity contribution in [3.05, 3.63) is 27.2 Å². The zero-order valence-corrected chi connectivity index (χ0v) is 12.5. The average molecular weight is 317 g/mol. The summed E-state index contributed by atoms with van der Waals surface area (Å²) in [6.45, 7) is 2.23. The van der Waals surface area contributed by atoms with Crippen LogP contribution in [0.2, 0.25) is 0 Å². The molecule has 22 heavy (non-hydrogen) atoms. The van der Waals surface area contributed by atoms with E-state index in [-0.39, 0.29) is 29.5 Å². The zero-order chi connectivity index (χ0) is 16.5. The van der Waals surface area contributed by atoms with Gasteiger partial charge in [0.2, 0.25) is 0 Å². The van der Waals surface area contributed by atoms with Gasteiger partial charge in [0, 0.05) is 19.4 Å². The van der Waals surface area contributed by atoms with Crippen molar-refractivity contribution in [1.82, 2.24) is 15.1 Å². The van der Waals surface area contributed by atoms with Crippen molar-refractivity contribution in [1.29, 1.82) is 0 Å². The summed E-state index contributed by atoms with van der Waals surface area (Å²) in [5.74, 6) is 0.107. The second-order valence-electron chi connectivity index (χ2n) is 5.47. The van der Waals surface area contributed by atoms with Crippen molar-refractivity contribution in [2.24, 2.45) is 0 Å². The molecule has 1 N–H and O–H groups in total. The van der Waals surface area contributed by atoms with Crippen molar-refractivity contribution in [3.8, 4) is 0 Å². The molecule has 1 atom stereocenters. The number of nitrogens with zero attached hydrogens (tertiary/aromatic N) is 2. The van der Waals surface area contributed by atoms with E-state index >= 15 is 0 Å². The Bertz CT molecular complexity index is 625. The number of Topliss-reactive ketones (excluding diaryl/α,β-unsaturated/α-hetero) is 1. The Morgan fingerprint density at radius 2 is 2.14 bits per heavy atom. The molecular formula is C14H18F3N3O2. The third kappa shape index (κ3) is 3.21. The monoisotopic (exact) mass is 317 g/mol. The van der Waals surface area contributed by atoms with Crippen LogP contribution in [0.25, 0.3) is 0 Å². The third-order valence-electron chi connectivity index (χ3n) is 4.05. The summed E-state index contributed by atoms with van der Waals surface area (Å²) in [6.07, 6.45) is -3.27. The number of H-pyrrole nitrogens is 1. The van der Waals surface area contributed by atoms with E-state index in [1.54, 1.807) is 14.0 Å². The molecule has 0 bridgehead atoms. The Labute approximate surface area is 125 Å². The predicted molar refractivity (Wildman–Crippen MR) is 73.5 cm³/mol. The maximum Gasteiger partial charge on any atom is 0.422 e. The molecule has 5 nitrogen and oxygen atoms in total. The highest BCUT2D eigenvalue weighted by Gasteiger charge is 2.41. The number of carbonyl (C=O) groups is 1. The quantitative estimate of drug-likeness (QED) is 0.903. The minimum atomic E-state index is -4.69. The SMILES string of the molecule is CCC(=O)CCN(C)C1CCc2c1n[nH]c(=O)c2C(F)(F)F. The number of aromatic amines is 1. The van der Waals surface area contributed by atoms with Gasteiger partial charge in [-0.2, -0.15) is 18.3 Å². The molecule has 1 aliphatic carbocycles. The van der Waals surface area contributed by atoms with Crippen LogP contribution in [0.1, 0.15) is 49.0 Å². The van der Waals surface area contributed by atoms with Crippen molar-refractivity contribution in [2.75, 3.05) is 13.6 Å². The molecule has 2 rings (SSSR count). The lowest BCUT2D eigenvalue weighted by atomic mass is 10.1.